The topological polar surface area (TPSA) is 105 Å². The van der Waals surface area contributed by atoms with Crippen molar-refractivity contribution in [2.24, 2.45) is 0 Å². The summed E-state index contributed by atoms with van der Waals surface area (Å²) in [5.74, 6) is -0.242. The van der Waals surface area contributed by atoms with E-state index in [1.165, 1.54) is 6.92 Å². The first-order chi connectivity index (χ1) is 13.0. The van der Waals surface area contributed by atoms with Crippen molar-refractivity contribution in [2.45, 2.75) is 19.4 Å². The van der Waals surface area contributed by atoms with Crippen molar-refractivity contribution < 1.29 is 14.4 Å². The molecule has 8 heteroatoms. The minimum absolute atomic E-state index is 0.00731. The van der Waals surface area contributed by atoms with Gasteiger partial charge in [-0.3, -0.25) is 24.3 Å². The van der Waals surface area contributed by atoms with Gasteiger partial charge in [0.25, 0.3) is 0 Å². The van der Waals surface area contributed by atoms with Gasteiger partial charge in [0.1, 0.15) is 6.04 Å². The SMILES string of the molecule is CC(=O)Nc1ccc(NC(=O)C[C@@H]2C(=O)Nc3nc4ccccc4n32)cc1. The van der Waals surface area contributed by atoms with Crippen LogP contribution in [-0.2, 0) is 14.4 Å². The van der Waals surface area contributed by atoms with Crippen molar-refractivity contribution in [3.05, 3.63) is 48.5 Å². The predicted octanol–water partition coefficient (Wildman–Crippen LogP) is 2.52. The fourth-order valence-corrected chi connectivity index (χ4v) is 3.17. The number of nitrogens with one attached hydrogen (secondary N) is 3. The van der Waals surface area contributed by atoms with Crippen LogP contribution >= 0.6 is 0 Å². The Kier molecular flexibility index (Phi) is 4.08. The number of hydrogen-bond donors (Lipinski definition) is 3. The minimum atomic E-state index is -0.647. The molecular weight excluding hydrogens is 346 g/mol. The summed E-state index contributed by atoms with van der Waals surface area (Å²) in [6.45, 7) is 1.43. The molecule has 0 spiro atoms. The maximum atomic E-state index is 12.4. The Labute approximate surface area is 154 Å². The average molecular weight is 363 g/mol. The lowest BCUT2D eigenvalue weighted by atomic mass is 10.1. The Morgan fingerprint density at radius 1 is 1.07 bits per heavy atom. The lowest BCUT2D eigenvalue weighted by Gasteiger charge is -2.12. The van der Waals surface area contributed by atoms with Crippen molar-refractivity contribution in [2.75, 3.05) is 16.0 Å². The van der Waals surface area contributed by atoms with Crippen LogP contribution in [0.4, 0.5) is 17.3 Å². The Bertz CT molecular complexity index is 1050. The Balaban J connectivity index is 1.49. The first kappa shape index (κ1) is 16.8. The minimum Gasteiger partial charge on any atom is -0.326 e. The maximum absolute atomic E-state index is 12.4. The number of hydrogen-bond acceptors (Lipinski definition) is 4. The quantitative estimate of drug-likeness (QED) is 0.662. The molecule has 1 aliphatic heterocycles. The molecule has 3 N–H and O–H groups in total. The number of imidazole rings is 1. The van der Waals surface area contributed by atoms with Gasteiger partial charge in [-0.15, -0.1) is 0 Å². The van der Waals surface area contributed by atoms with Gasteiger partial charge in [-0.05, 0) is 36.4 Å². The van der Waals surface area contributed by atoms with Crippen LogP contribution in [0.1, 0.15) is 19.4 Å². The molecule has 2 aromatic carbocycles. The number of carbonyl (C=O) groups is 3. The standard InChI is InChI=1S/C19H17N5O3/c1-11(25)20-12-6-8-13(9-7-12)21-17(26)10-16-18(27)23-19-22-14-4-2-3-5-15(14)24(16)19/h2-9,16H,10H2,1H3,(H,20,25)(H,21,26)(H,22,23,27)/t16-/m1/s1. The monoisotopic (exact) mass is 363 g/mol. The van der Waals surface area contributed by atoms with Crippen LogP contribution in [0.3, 0.4) is 0 Å². The maximum Gasteiger partial charge on any atom is 0.250 e. The van der Waals surface area contributed by atoms with E-state index in [1.807, 2.05) is 24.3 Å². The number of amides is 3. The van der Waals surface area contributed by atoms with E-state index < -0.39 is 6.04 Å². The van der Waals surface area contributed by atoms with Gasteiger partial charge in [0.05, 0.1) is 17.5 Å². The van der Waals surface area contributed by atoms with E-state index in [4.69, 9.17) is 0 Å². The third-order valence-corrected chi connectivity index (χ3v) is 4.31. The molecule has 8 nitrogen and oxygen atoms in total. The van der Waals surface area contributed by atoms with Crippen LogP contribution in [0.15, 0.2) is 48.5 Å². The smallest absolute Gasteiger partial charge is 0.250 e. The molecule has 0 fully saturated rings. The number of nitrogens with zero attached hydrogens (tertiary/aromatic N) is 2. The summed E-state index contributed by atoms with van der Waals surface area (Å²) in [5.41, 5.74) is 2.81. The number of rotatable bonds is 4. The molecule has 0 saturated carbocycles. The molecular formula is C19H17N5O3. The Morgan fingerprint density at radius 3 is 2.44 bits per heavy atom. The van der Waals surface area contributed by atoms with Crippen LogP contribution in [0.5, 0.6) is 0 Å². The van der Waals surface area contributed by atoms with Crippen LogP contribution in [0.2, 0.25) is 0 Å². The molecule has 1 aliphatic rings. The first-order valence-electron chi connectivity index (χ1n) is 8.46. The van der Waals surface area contributed by atoms with Gasteiger partial charge in [0.15, 0.2) is 0 Å². The fourth-order valence-electron chi connectivity index (χ4n) is 3.17. The van der Waals surface area contributed by atoms with Gasteiger partial charge >= 0.3 is 0 Å². The number of anilines is 3. The molecule has 0 saturated heterocycles. The van der Waals surface area contributed by atoms with Gasteiger partial charge < -0.3 is 10.6 Å². The van der Waals surface area contributed by atoms with E-state index in [1.54, 1.807) is 28.8 Å². The summed E-state index contributed by atoms with van der Waals surface area (Å²) in [6, 6.07) is 13.6. The van der Waals surface area contributed by atoms with Crippen molar-refractivity contribution >= 4 is 46.1 Å². The number of benzene rings is 2. The molecule has 3 amide bonds. The molecule has 0 bridgehead atoms. The first-order valence-corrected chi connectivity index (χ1v) is 8.46. The normalized spacial score (nSPS) is 15.3. The second-order valence-corrected chi connectivity index (χ2v) is 6.31. The predicted molar refractivity (Wildman–Crippen MR) is 101 cm³/mol. The Hall–Kier alpha value is -3.68. The van der Waals surface area contributed by atoms with Gasteiger partial charge in [-0.25, -0.2) is 4.98 Å². The molecule has 1 atom stereocenters. The van der Waals surface area contributed by atoms with Crippen molar-refractivity contribution in [3.63, 3.8) is 0 Å². The molecule has 0 radical (unpaired) electrons. The number of para-hydroxylation sites is 2. The highest BCUT2D eigenvalue weighted by Gasteiger charge is 2.34. The van der Waals surface area contributed by atoms with Crippen molar-refractivity contribution in [1.82, 2.24) is 9.55 Å². The Morgan fingerprint density at radius 2 is 1.74 bits per heavy atom. The molecule has 136 valence electrons. The summed E-state index contributed by atoms with van der Waals surface area (Å²) < 4.78 is 1.76. The van der Waals surface area contributed by atoms with Gasteiger partial charge in [-0.2, -0.15) is 0 Å². The second-order valence-electron chi connectivity index (χ2n) is 6.31. The highest BCUT2D eigenvalue weighted by molar-refractivity contribution is 6.03. The molecule has 1 aromatic heterocycles. The average Bonchev–Trinajstić information content (AvgIpc) is 3.12. The van der Waals surface area contributed by atoms with Crippen molar-refractivity contribution in [3.8, 4) is 0 Å². The van der Waals surface area contributed by atoms with Gasteiger partial charge in [0.2, 0.25) is 23.7 Å². The lowest BCUT2D eigenvalue weighted by Crippen LogP contribution is -2.23. The number of fused-ring (bicyclic) bond motifs is 3. The zero-order valence-electron chi connectivity index (χ0n) is 14.5. The van der Waals surface area contributed by atoms with E-state index in [-0.39, 0.29) is 24.1 Å². The third kappa shape index (κ3) is 3.24. The summed E-state index contributed by atoms with van der Waals surface area (Å²) >= 11 is 0. The fraction of sp³-hybridized carbons (Fsp3) is 0.158. The van der Waals surface area contributed by atoms with Crippen LogP contribution < -0.4 is 16.0 Å². The molecule has 4 rings (SSSR count). The van der Waals surface area contributed by atoms with Crippen LogP contribution in [0, 0.1) is 0 Å². The summed E-state index contributed by atoms with van der Waals surface area (Å²) in [5, 5.41) is 8.16. The largest absolute Gasteiger partial charge is 0.326 e. The van der Waals surface area contributed by atoms with Crippen molar-refractivity contribution in [1.29, 1.82) is 0 Å². The molecule has 2 heterocycles. The zero-order chi connectivity index (χ0) is 19.0. The molecule has 3 aromatic rings. The number of aromatic nitrogens is 2. The van der Waals surface area contributed by atoms with E-state index in [9.17, 15) is 14.4 Å². The van der Waals surface area contributed by atoms with Crippen LogP contribution in [-0.4, -0.2) is 27.3 Å². The van der Waals surface area contributed by atoms with Gasteiger partial charge in [0, 0.05) is 18.3 Å². The molecule has 0 aliphatic carbocycles. The van der Waals surface area contributed by atoms with Crippen LogP contribution in [0.25, 0.3) is 11.0 Å². The third-order valence-electron chi connectivity index (χ3n) is 4.31. The number of carbonyl (C=O) groups excluding carboxylic acids is 3. The lowest BCUT2D eigenvalue weighted by molar-refractivity contribution is -0.123. The van der Waals surface area contributed by atoms with E-state index in [0.717, 1.165) is 11.0 Å². The molecule has 0 unspecified atom stereocenters. The highest BCUT2D eigenvalue weighted by Crippen LogP contribution is 2.32. The molecule has 27 heavy (non-hydrogen) atoms. The summed E-state index contributed by atoms with van der Waals surface area (Å²) in [6.07, 6.45) is -0.00731. The van der Waals surface area contributed by atoms with E-state index in [2.05, 4.69) is 20.9 Å². The highest BCUT2D eigenvalue weighted by atomic mass is 16.2. The van der Waals surface area contributed by atoms with E-state index in [0.29, 0.717) is 17.3 Å². The zero-order valence-corrected chi connectivity index (χ0v) is 14.5. The summed E-state index contributed by atoms with van der Waals surface area (Å²) in [4.78, 5) is 40.2. The van der Waals surface area contributed by atoms with E-state index >= 15 is 0 Å². The van der Waals surface area contributed by atoms with Gasteiger partial charge in [-0.1, -0.05) is 12.1 Å². The second kappa shape index (κ2) is 6.56. The summed E-state index contributed by atoms with van der Waals surface area (Å²) in [7, 11) is 0.